The van der Waals surface area contributed by atoms with E-state index in [1.165, 1.54) is 0 Å². The van der Waals surface area contributed by atoms with Crippen LogP contribution in [0.25, 0.3) is 0 Å². The summed E-state index contributed by atoms with van der Waals surface area (Å²) in [6.07, 6.45) is -0.0121. The molecule has 112 valence electrons. The molecular formula is C16H25NO3. The lowest BCUT2D eigenvalue weighted by Crippen LogP contribution is -2.60. The van der Waals surface area contributed by atoms with Crippen LogP contribution < -0.4 is 10.1 Å². The minimum absolute atomic E-state index is 0.219. The van der Waals surface area contributed by atoms with Gasteiger partial charge < -0.3 is 15.2 Å². The van der Waals surface area contributed by atoms with Gasteiger partial charge in [0.15, 0.2) is 6.10 Å². The molecule has 0 aliphatic heterocycles. The average Bonchev–Trinajstić information content (AvgIpc) is 2.35. The molecule has 1 atom stereocenters. The molecule has 4 nitrogen and oxygen atoms in total. The standard InChI is InChI=1S/C16H25NO3/c1-6-13(20-12-10-8-7-9-11-12)14(18)17-15(2,3)16(4,5)19/h7-11,13,19H,6H2,1-5H3,(H,17,18). The second-order valence-electron chi connectivity index (χ2n) is 6.00. The third-order valence-electron chi connectivity index (χ3n) is 3.65. The molecule has 0 aliphatic rings. The fraction of sp³-hybridized carbons (Fsp3) is 0.562. The summed E-state index contributed by atoms with van der Waals surface area (Å²) in [5.74, 6) is 0.444. The summed E-state index contributed by atoms with van der Waals surface area (Å²) >= 11 is 0. The molecule has 1 aromatic rings. The molecule has 0 fully saturated rings. The maximum atomic E-state index is 12.3. The molecule has 1 rings (SSSR count). The highest BCUT2D eigenvalue weighted by Crippen LogP contribution is 2.21. The lowest BCUT2D eigenvalue weighted by molar-refractivity contribution is -0.133. The number of carbonyl (C=O) groups is 1. The van der Waals surface area contributed by atoms with Gasteiger partial charge in [-0.3, -0.25) is 4.79 Å². The molecule has 0 saturated heterocycles. The lowest BCUT2D eigenvalue weighted by atomic mass is 9.86. The average molecular weight is 279 g/mol. The summed E-state index contributed by atoms with van der Waals surface area (Å²) in [5.41, 5.74) is -1.76. The van der Waals surface area contributed by atoms with Crippen LogP contribution in [-0.4, -0.2) is 28.3 Å². The maximum Gasteiger partial charge on any atom is 0.261 e. The van der Waals surface area contributed by atoms with Crippen LogP contribution in [0.1, 0.15) is 41.0 Å². The predicted molar refractivity (Wildman–Crippen MR) is 79.7 cm³/mol. The van der Waals surface area contributed by atoms with E-state index in [-0.39, 0.29) is 5.91 Å². The van der Waals surface area contributed by atoms with Crippen molar-refractivity contribution in [2.75, 3.05) is 0 Å². The van der Waals surface area contributed by atoms with Gasteiger partial charge in [0.1, 0.15) is 5.75 Å². The number of hydrogen-bond donors (Lipinski definition) is 2. The van der Waals surface area contributed by atoms with Gasteiger partial charge in [0.05, 0.1) is 11.1 Å². The molecule has 0 radical (unpaired) electrons. The second-order valence-corrected chi connectivity index (χ2v) is 6.00. The van der Waals surface area contributed by atoms with E-state index in [1.807, 2.05) is 37.3 Å². The van der Waals surface area contributed by atoms with E-state index in [0.29, 0.717) is 12.2 Å². The van der Waals surface area contributed by atoms with Gasteiger partial charge in [-0.15, -0.1) is 0 Å². The zero-order valence-corrected chi connectivity index (χ0v) is 12.9. The Labute approximate surface area is 121 Å². The fourth-order valence-corrected chi connectivity index (χ4v) is 1.53. The largest absolute Gasteiger partial charge is 0.481 e. The Balaban J connectivity index is 2.74. The van der Waals surface area contributed by atoms with Gasteiger partial charge in [-0.1, -0.05) is 25.1 Å². The smallest absolute Gasteiger partial charge is 0.261 e. The summed E-state index contributed by atoms with van der Waals surface area (Å²) in [7, 11) is 0. The first-order valence-corrected chi connectivity index (χ1v) is 6.93. The Morgan fingerprint density at radius 1 is 1.25 bits per heavy atom. The molecular weight excluding hydrogens is 254 g/mol. The molecule has 0 aromatic heterocycles. The van der Waals surface area contributed by atoms with Gasteiger partial charge in [0, 0.05) is 0 Å². The monoisotopic (exact) mass is 279 g/mol. The molecule has 0 spiro atoms. The van der Waals surface area contributed by atoms with E-state index in [9.17, 15) is 9.90 Å². The fourth-order valence-electron chi connectivity index (χ4n) is 1.53. The minimum Gasteiger partial charge on any atom is -0.481 e. The molecule has 1 amide bonds. The molecule has 1 aromatic carbocycles. The first-order valence-electron chi connectivity index (χ1n) is 6.93. The highest BCUT2D eigenvalue weighted by atomic mass is 16.5. The van der Waals surface area contributed by atoms with Crippen LogP contribution >= 0.6 is 0 Å². The highest BCUT2D eigenvalue weighted by Gasteiger charge is 2.37. The van der Waals surface area contributed by atoms with Crippen LogP contribution in [-0.2, 0) is 4.79 Å². The lowest BCUT2D eigenvalue weighted by Gasteiger charge is -2.38. The Bertz CT molecular complexity index is 435. The molecule has 0 heterocycles. The van der Waals surface area contributed by atoms with E-state index in [4.69, 9.17) is 4.74 Å². The Hall–Kier alpha value is -1.55. The van der Waals surface area contributed by atoms with Crippen molar-refractivity contribution < 1.29 is 14.6 Å². The number of para-hydroxylation sites is 1. The van der Waals surface area contributed by atoms with Gasteiger partial charge >= 0.3 is 0 Å². The van der Waals surface area contributed by atoms with E-state index in [1.54, 1.807) is 27.7 Å². The minimum atomic E-state index is -1.02. The molecule has 4 heteroatoms. The van der Waals surface area contributed by atoms with Crippen LogP contribution in [0.15, 0.2) is 30.3 Å². The van der Waals surface area contributed by atoms with Gasteiger partial charge in [-0.25, -0.2) is 0 Å². The van der Waals surface area contributed by atoms with E-state index < -0.39 is 17.2 Å². The van der Waals surface area contributed by atoms with Crippen molar-refractivity contribution >= 4 is 5.91 Å². The zero-order valence-electron chi connectivity index (χ0n) is 12.9. The Morgan fingerprint density at radius 2 is 1.80 bits per heavy atom. The maximum absolute atomic E-state index is 12.3. The van der Waals surface area contributed by atoms with Crippen LogP contribution in [0.5, 0.6) is 5.75 Å². The Kier molecular flexibility index (Phi) is 5.17. The van der Waals surface area contributed by atoms with Crippen molar-refractivity contribution in [3.05, 3.63) is 30.3 Å². The molecule has 20 heavy (non-hydrogen) atoms. The number of aliphatic hydroxyl groups is 1. The summed E-state index contributed by atoms with van der Waals surface area (Å²) in [5, 5.41) is 12.9. The number of carbonyl (C=O) groups excluding carboxylic acids is 1. The van der Waals surface area contributed by atoms with Crippen LogP contribution in [0.3, 0.4) is 0 Å². The van der Waals surface area contributed by atoms with Crippen molar-refractivity contribution in [3.63, 3.8) is 0 Å². The molecule has 0 bridgehead atoms. The number of hydrogen-bond acceptors (Lipinski definition) is 3. The van der Waals surface area contributed by atoms with Gasteiger partial charge in [0.25, 0.3) is 5.91 Å². The van der Waals surface area contributed by atoms with Gasteiger partial charge in [-0.05, 0) is 46.2 Å². The third-order valence-corrected chi connectivity index (χ3v) is 3.65. The van der Waals surface area contributed by atoms with Gasteiger partial charge in [-0.2, -0.15) is 0 Å². The normalized spacial score (nSPS) is 13.7. The van der Waals surface area contributed by atoms with Crippen LogP contribution in [0.2, 0.25) is 0 Å². The SMILES string of the molecule is CCC(Oc1ccccc1)C(=O)NC(C)(C)C(C)(C)O. The number of ether oxygens (including phenoxy) is 1. The topological polar surface area (TPSA) is 58.6 Å². The van der Waals surface area contributed by atoms with Crippen molar-refractivity contribution in [3.8, 4) is 5.75 Å². The molecule has 0 aliphatic carbocycles. The molecule has 0 saturated carbocycles. The summed E-state index contributed by atoms with van der Waals surface area (Å²) in [6.45, 7) is 8.82. The van der Waals surface area contributed by atoms with Crippen LogP contribution in [0, 0.1) is 0 Å². The van der Waals surface area contributed by atoms with Crippen LogP contribution in [0.4, 0.5) is 0 Å². The van der Waals surface area contributed by atoms with Gasteiger partial charge in [0.2, 0.25) is 0 Å². The van der Waals surface area contributed by atoms with Crippen molar-refractivity contribution in [1.29, 1.82) is 0 Å². The van der Waals surface area contributed by atoms with Crippen molar-refractivity contribution in [1.82, 2.24) is 5.32 Å². The van der Waals surface area contributed by atoms with Crippen molar-refractivity contribution in [2.45, 2.75) is 58.3 Å². The summed E-state index contributed by atoms with van der Waals surface area (Å²) in [6, 6.07) is 9.25. The number of benzene rings is 1. The predicted octanol–water partition coefficient (Wildman–Crippen LogP) is 2.51. The number of nitrogens with one attached hydrogen (secondary N) is 1. The van der Waals surface area contributed by atoms with E-state index in [0.717, 1.165) is 0 Å². The molecule has 2 N–H and O–H groups in total. The number of rotatable bonds is 6. The van der Waals surface area contributed by atoms with E-state index >= 15 is 0 Å². The Morgan fingerprint density at radius 3 is 2.25 bits per heavy atom. The second kappa shape index (κ2) is 6.27. The summed E-state index contributed by atoms with van der Waals surface area (Å²) < 4.78 is 5.69. The highest BCUT2D eigenvalue weighted by molar-refractivity contribution is 5.81. The number of amides is 1. The zero-order chi connectivity index (χ0) is 15.4. The summed E-state index contributed by atoms with van der Waals surface area (Å²) in [4.78, 5) is 12.3. The van der Waals surface area contributed by atoms with E-state index in [2.05, 4.69) is 5.32 Å². The first kappa shape index (κ1) is 16.5. The third kappa shape index (κ3) is 4.23. The quantitative estimate of drug-likeness (QED) is 0.841. The first-order chi connectivity index (χ1) is 9.17. The molecule has 1 unspecified atom stereocenters. The van der Waals surface area contributed by atoms with Crippen molar-refractivity contribution in [2.24, 2.45) is 0 Å².